The van der Waals surface area contributed by atoms with E-state index in [0.717, 1.165) is 0 Å². The number of amides is 1. The van der Waals surface area contributed by atoms with E-state index in [9.17, 15) is 19.8 Å². The highest BCUT2D eigenvalue weighted by molar-refractivity contribution is 8.23. The molecular weight excluding hydrogens is 288 g/mol. The number of hydrogen-bond acceptors (Lipinski definition) is 6. The summed E-state index contributed by atoms with van der Waals surface area (Å²) in [6.07, 6.45) is -0.771. The van der Waals surface area contributed by atoms with Crippen LogP contribution in [0.25, 0.3) is 0 Å². The number of carbonyl (C=O) groups excluding carboxylic acids is 1. The summed E-state index contributed by atoms with van der Waals surface area (Å²) in [4.78, 5) is 24.5. The normalized spacial score (nSPS) is 29.1. The lowest BCUT2D eigenvalue weighted by atomic mass is 9.92. The predicted molar refractivity (Wildman–Crippen MR) is 74.2 cm³/mol. The standard InChI is InChI=1S/C11H16N2O4S2/c1-4(3-12)18-11-7(10(16)17)13-8(15)6(5(2)14)9(13)19-11/h4-6,9,14H,3,12H2,1-2H3,(H,16,17)/t4?,5-,6+,9-/m1/s1. The van der Waals surface area contributed by atoms with Gasteiger partial charge in [0.25, 0.3) is 0 Å². The number of aliphatic carboxylic acids is 1. The maximum absolute atomic E-state index is 11.9. The highest BCUT2D eigenvalue weighted by Gasteiger charge is 2.57. The predicted octanol–water partition coefficient (Wildman–Crippen LogP) is 0.233. The molecule has 0 saturated carbocycles. The summed E-state index contributed by atoms with van der Waals surface area (Å²) in [6, 6.07) is 0. The molecule has 4 atom stereocenters. The summed E-state index contributed by atoms with van der Waals surface area (Å²) in [6.45, 7) is 3.88. The molecule has 0 bridgehead atoms. The largest absolute Gasteiger partial charge is 0.477 e. The second-order valence-corrected chi connectivity index (χ2v) is 7.42. The van der Waals surface area contributed by atoms with Crippen LogP contribution in [0.4, 0.5) is 0 Å². The molecule has 2 rings (SSSR count). The van der Waals surface area contributed by atoms with Crippen LogP contribution in [0.15, 0.2) is 9.93 Å². The van der Waals surface area contributed by atoms with Gasteiger partial charge in [0.1, 0.15) is 5.37 Å². The van der Waals surface area contributed by atoms with Gasteiger partial charge in [0.2, 0.25) is 5.91 Å². The molecule has 1 unspecified atom stereocenters. The van der Waals surface area contributed by atoms with Crippen LogP contribution in [-0.2, 0) is 9.59 Å². The molecule has 1 fully saturated rings. The van der Waals surface area contributed by atoms with Crippen molar-refractivity contribution in [3.8, 4) is 0 Å². The van der Waals surface area contributed by atoms with Crippen LogP contribution in [0.3, 0.4) is 0 Å². The van der Waals surface area contributed by atoms with Crippen molar-refractivity contribution in [3.63, 3.8) is 0 Å². The van der Waals surface area contributed by atoms with E-state index in [-0.39, 0.29) is 22.2 Å². The van der Waals surface area contributed by atoms with Crippen LogP contribution in [0, 0.1) is 5.92 Å². The Bertz CT molecular complexity index is 452. The van der Waals surface area contributed by atoms with Crippen molar-refractivity contribution >= 4 is 35.4 Å². The lowest BCUT2D eigenvalue weighted by Gasteiger charge is -2.43. The van der Waals surface area contributed by atoms with Gasteiger partial charge in [-0.05, 0) is 6.92 Å². The summed E-state index contributed by atoms with van der Waals surface area (Å²) in [5, 5.41) is 18.6. The zero-order valence-electron chi connectivity index (χ0n) is 10.6. The fraction of sp³-hybridized carbons (Fsp3) is 0.636. The van der Waals surface area contributed by atoms with Crippen LogP contribution in [0.1, 0.15) is 13.8 Å². The number of rotatable bonds is 5. The Balaban J connectivity index is 2.24. The molecule has 0 aliphatic carbocycles. The Hall–Kier alpha value is -0.700. The molecule has 8 heteroatoms. The topological polar surface area (TPSA) is 104 Å². The molecule has 0 aromatic carbocycles. The van der Waals surface area contributed by atoms with Gasteiger partial charge in [-0.3, -0.25) is 9.69 Å². The molecule has 1 amide bonds. The van der Waals surface area contributed by atoms with Crippen molar-refractivity contribution in [3.05, 3.63) is 9.93 Å². The van der Waals surface area contributed by atoms with Crippen LogP contribution in [0.5, 0.6) is 0 Å². The third-order valence-electron chi connectivity index (χ3n) is 3.11. The van der Waals surface area contributed by atoms with Gasteiger partial charge in [0.05, 0.1) is 16.3 Å². The SMILES string of the molecule is CC(CN)SC1=C(C(=O)O)N2C(=O)[C@H]([C@@H](C)O)[C@H]2S1. The highest BCUT2D eigenvalue weighted by Crippen LogP contribution is 2.54. The first-order valence-electron chi connectivity index (χ1n) is 5.90. The van der Waals surface area contributed by atoms with Gasteiger partial charge >= 0.3 is 5.97 Å². The number of nitrogens with zero attached hydrogens (tertiary/aromatic N) is 1. The van der Waals surface area contributed by atoms with Gasteiger partial charge in [-0.15, -0.1) is 11.8 Å². The summed E-state index contributed by atoms with van der Waals surface area (Å²) < 4.78 is 0.604. The third kappa shape index (κ3) is 2.37. The smallest absolute Gasteiger partial charge is 0.354 e. The number of aliphatic hydroxyl groups is 1. The number of fused-ring (bicyclic) bond motifs is 1. The van der Waals surface area contributed by atoms with E-state index in [1.165, 1.54) is 28.4 Å². The van der Waals surface area contributed by atoms with E-state index in [1.807, 2.05) is 6.92 Å². The fourth-order valence-electron chi connectivity index (χ4n) is 2.06. The van der Waals surface area contributed by atoms with E-state index < -0.39 is 18.0 Å². The second-order valence-electron chi connectivity index (χ2n) is 4.59. The number of hydrogen-bond donors (Lipinski definition) is 3. The number of β-lactam (4-membered cyclic amide) rings is 1. The van der Waals surface area contributed by atoms with Gasteiger partial charge in [-0.2, -0.15) is 0 Å². The fourth-order valence-corrected chi connectivity index (χ4v) is 5.15. The molecule has 6 nitrogen and oxygen atoms in total. The molecule has 2 aliphatic heterocycles. The molecule has 19 heavy (non-hydrogen) atoms. The summed E-state index contributed by atoms with van der Waals surface area (Å²) in [5.41, 5.74) is 5.57. The van der Waals surface area contributed by atoms with Gasteiger partial charge in [-0.1, -0.05) is 18.7 Å². The van der Waals surface area contributed by atoms with Crippen molar-refractivity contribution in [1.82, 2.24) is 4.90 Å². The van der Waals surface area contributed by atoms with E-state index in [1.54, 1.807) is 6.92 Å². The number of aliphatic hydroxyl groups excluding tert-OH is 1. The van der Waals surface area contributed by atoms with Gasteiger partial charge in [0, 0.05) is 11.8 Å². The van der Waals surface area contributed by atoms with E-state index in [0.29, 0.717) is 10.8 Å². The Morgan fingerprint density at radius 1 is 1.58 bits per heavy atom. The van der Waals surface area contributed by atoms with Gasteiger partial charge < -0.3 is 15.9 Å². The lowest BCUT2D eigenvalue weighted by Crippen LogP contribution is -2.60. The Morgan fingerprint density at radius 3 is 2.68 bits per heavy atom. The number of carbonyl (C=O) groups is 2. The minimum Gasteiger partial charge on any atom is -0.477 e. The first kappa shape index (κ1) is 14.7. The molecule has 2 aliphatic rings. The van der Waals surface area contributed by atoms with Crippen molar-refractivity contribution in [2.45, 2.75) is 30.6 Å². The molecule has 0 aromatic rings. The maximum atomic E-state index is 11.9. The first-order chi connectivity index (χ1) is 8.88. The monoisotopic (exact) mass is 304 g/mol. The summed E-state index contributed by atoms with van der Waals surface area (Å²) >= 11 is 2.70. The number of thioether (sulfide) groups is 2. The zero-order valence-corrected chi connectivity index (χ0v) is 12.2. The molecule has 0 spiro atoms. The molecule has 1 saturated heterocycles. The molecular formula is C11H16N2O4S2. The lowest BCUT2D eigenvalue weighted by molar-refractivity contribution is -0.156. The van der Waals surface area contributed by atoms with E-state index >= 15 is 0 Å². The summed E-state index contributed by atoms with van der Waals surface area (Å²) in [7, 11) is 0. The average Bonchev–Trinajstić information content (AvgIpc) is 2.63. The van der Waals surface area contributed by atoms with Crippen molar-refractivity contribution in [2.75, 3.05) is 6.54 Å². The number of carboxylic acid groups (broad SMARTS) is 1. The Morgan fingerprint density at radius 2 is 2.21 bits per heavy atom. The summed E-state index contributed by atoms with van der Waals surface area (Å²) in [5.74, 6) is -1.95. The van der Waals surface area contributed by atoms with Gasteiger partial charge in [0.15, 0.2) is 5.70 Å². The van der Waals surface area contributed by atoms with Crippen molar-refractivity contribution in [1.29, 1.82) is 0 Å². The van der Waals surface area contributed by atoms with Crippen molar-refractivity contribution in [2.24, 2.45) is 11.7 Å². The van der Waals surface area contributed by atoms with Crippen LogP contribution < -0.4 is 5.73 Å². The number of nitrogens with two attached hydrogens (primary N) is 1. The average molecular weight is 304 g/mol. The van der Waals surface area contributed by atoms with Crippen molar-refractivity contribution < 1.29 is 19.8 Å². The second kappa shape index (κ2) is 5.35. The molecule has 0 radical (unpaired) electrons. The third-order valence-corrected chi connectivity index (χ3v) is 5.84. The molecule has 2 heterocycles. The van der Waals surface area contributed by atoms with Crippen LogP contribution >= 0.6 is 23.5 Å². The van der Waals surface area contributed by atoms with E-state index in [4.69, 9.17) is 5.73 Å². The Kier molecular flexibility index (Phi) is 4.14. The molecule has 4 N–H and O–H groups in total. The highest BCUT2D eigenvalue weighted by atomic mass is 32.2. The van der Waals surface area contributed by atoms with E-state index in [2.05, 4.69) is 0 Å². The van der Waals surface area contributed by atoms with Crippen LogP contribution in [-0.4, -0.2) is 50.3 Å². The minimum absolute atomic E-state index is 0.0298. The first-order valence-corrected chi connectivity index (χ1v) is 7.66. The molecule has 0 aromatic heterocycles. The van der Waals surface area contributed by atoms with Gasteiger partial charge in [-0.25, -0.2) is 4.79 Å². The zero-order chi connectivity index (χ0) is 14.3. The van der Waals surface area contributed by atoms with Crippen LogP contribution in [0.2, 0.25) is 0 Å². The number of carboxylic acids is 1. The minimum atomic E-state index is -1.11. The molecule has 106 valence electrons. The quantitative estimate of drug-likeness (QED) is 0.625. The maximum Gasteiger partial charge on any atom is 0.354 e. The Labute approximate surface area is 119 Å².